The molecule has 2 aromatic rings. The summed E-state index contributed by atoms with van der Waals surface area (Å²) in [6.07, 6.45) is 2.04. The number of ether oxygens (including phenoxy) is 1. The number of aryl methyl sites for hydroxylation is 2. The number of rotatable bonds is 6. The number of aliphatic hydroxyl groups is 1. The lowest BCUT2D eigenvalue weighted by Gasteiger charge is -2.07. The Kier molecular flexibility index (Phi) is 4.99. The number of aliphatic hydroxyl groups excluding tert-OH is 1. The fourth-order valence-corrected chi connectivity index (χ4v) is 1.91. The minimum Gasteiger partial charge on any atom is -0.494 e. The quantitative estimate of drug-likeness (QED) is 0.802. The van der Waals surface area contributed by atoms with E-state index in [-0.39, 0.29) is 6.61 Å². The van der Waals surface area contributed by atoms with E-state index in [1.54, 1.807) is 0 Å². The van der Waals surface area contributed by atoms with Crippen molar-refractivity contribution in [2.75, 3.05) is 6.61 Å². The predicted molar refractivity (Wildman–Crippen MR) is 77.4 cm³/mol. The van der Waals surface area contributed by atoms with Gasteiger partial charge in [-0.3, -0.25) is 0 Å². The molecule has 0 radical (unpaired) electrons. The zero-order chi connectivity index (χ0) is 13.5. The van der Waals surface area contributed by atoms with Crippen LogP contribution in [0.1, 0.15) is 23.1 Å². The van der Waals surface area contributed by atoms with Crippen molar-refractivity contribution in [3.05, 3.63) is 65.2 Å². The van der Waals surface area contributed by atoms with Crippen LogP contribution in [0.3, 0.4) is 0 Å². The Hall–Kier alpha value is -1.80. The largest absolute Gasteiger partial charge is 0.494 e. The van der Waals surface area contributed by atoms with E-state index >= 15 is 0 Å². The third-order valence-electron chi connectivity index (χ3n) is 3.11. The molecule has 0 spiro atoms. The average Bonchev–Trinajstić information content (AvgIpc) is 2.46. The monoisotopic (exact) mass is 256 g/mol. The van der Waals surface area contributed by atoms with Gasteiger partial charge in [0.1, 0.15) is 5.75 Å². The molecule has 0 aliphatic heterocycles. The van der Waals surface area contributed by atoms with Crippen LogP contribution in [0.2, 0.25) is 0 Å². The van der Waals surface area contributed by atoms with E-state index in [4.69, 9.17) is 9.84 Å². The Balaban J connectivity index is 1.72. The number of benzene rings is 2. The van der Waals surface area contributed by atoms with E-state index < -0.39 is 0 Å². The van der Waals surface area contributed by atoms with E-state index in [9.17, 15) is 0 Å². The predicted octanol–water partition coefficient (Wildman–Crippen LogP) is 3.50. The second-order valence-corrected chi connectivity index (χ2v) is 4.74. The number of hydrogen-bond acceptors (Lipinski definition) is 2. The standard InChI is InChI=1S/C17H20O2/c1-14-4-6-15(7-5-14)3-2-12-19-17-10-8-16(13-18)9-11-17/h4-11,18H,2-3,12-13H2,1H3. The molecule has 0 aromatic heterocycles. The van der Waals surface area contributed by atoms with Crippen molar-refractivity contribution in [3.63, 3.8) is 0 Å². The highest BCUT2D eigenvalue weighted by atomic mass is 16.5. The van der Waals surface area contributed by atoms with Crippen LogP contribution in [-0.4, -0.2) is 11.7 Å². The first-order valence-electron chi connectivity index (χ1n) is 6.66. The van der Waals surface area contributed by atoms with Crippen LogP contribution in [0.4, 0.5) is 0 Å². The van der Waals surface area contributed by atoms with E-state index in [0.29, 0.717) is 6.61 Å². The fraction of sp³-hybridized carbons (Fsp3) is 0.294. The summed E-state index contributed by atoms with van der Waals surface area (Å²) >= 11 is 0. The molecule has 0 unspecified atom stereocenters. The molecule has 19 heavy (non-hydrogen) atoms. The van der Waals surface area contributed by atoms with Crippen LogP contribution < -0.4 is 4.74 Å². The summed E-state index contributed by atoms with van der Waals surface area (Å²) < 4.78 is 5.67. The van der Waals surface area contributed by atoms with Crippen LogP contribution in [0.15, 0.2) is 48.5 Å². The first kappa shape index (κ1) is 13.6. The zero-order valence-corrected chi connectivity index (χ0v) is 11.3. The van der Waals surface area contributed by atoms with Gasteiger partial charge < -0.3 is 9.84 Å². The Bertz CT molecular complexity index is 486. The zero-order valence-electron chi connectivity index (χ0n) is 11.3. The normalized spacial score (nSPS) is 10.4. The van der Waals surface area contributed by atoms with Crippen LogP contribution >= 0.6 is 0 Å². The third kappa shape index (κ3) is 4.42. The summed E-state index contributed by atoms with van der Waals surface area (Å²) in [5, 5.41) is 8.95. The molecule has 0 fully saturated rings. The van der Waals surface area contributed by atoms with Crippen LogP contribution in [0, 0.1) is 6.92 Å². The topological polar surface area (TPSA) is 29.5 Å². The third-order valence-corrected chi connectivity index (χ3v) is 3.11. The average molecular weight is 256 g/mol. The van der Waals surface area contributed by atoms with E-state index in [2.05, 4.69) is 31.2 Å². The molecular weight excluding hydrogens is 236 g/mol. The van der Waals surface area contributed by atoms with Gasteiger partial charge in [0.05, 0.1) is 13.2 Å². The lowest BCUT2D eigenvalue weighted by atomic mass is 10.1. The summed E-state index contributed by atoms with van der Waals surface area (Å²) in [7, 11) is 0. The Morgan fingerprint density at radius 3 is 2.16 bits per heavy atom. The fourth-order valence-electron chi connectivity index (χ4n) is 1.91. The molecule has 0 atom stereocenters. The first-order valence-corrected chi connectivity index (χ1v) is 6.66. The molecule has 2 aromatic carbocycles. The Morgan fingerprint density at radius 2 is 1.53 bits per heavy atom. The van der Waals surface area contributed by atoms with Crippen molar-refractivity contribution in [3.8, 4) is 5.75 Å². The van der Waals surface area contributed by atoms with E-state index in [1.165, 1.54) is 11.1 Å². The molecule has 0 heterocycles. The highest BCUT2D eigenvalue weighted by molar-refractivity contribution is 5.26. The second kappa shape index (κ2) is 6.95. The van der Waals surface area contributed by atoms with E-state index in [0.717, 1.165) is 24.2 Å². The lowest BCUT2D eigenvalue weighted by molar-refractivity contribution is 0.281. The molecule has 0 saturated heterocycles. The first-order chi connectivity index (χ1) is 9.28. The lowest BCUT2D eigenvalue weighted by Crippen LogP contribution is -1.99. The van der Waals surface area contributed by atoms with Gasteiger partial charge in [-0.05, 0) is 43.0 Å². The number of hydrogen-bond donors (Lipinski definition) is 1. The Morgan fingerprint density at radius 1 is 0.895 bits per heavy atom. The summed E-state index contributed by atoms with van der Waals surface area (Å²) in [5.74, 6) is 0.862. The van der Waals surface area contributed by atoms with Crippen LogP contribution in [-0.2, 0) is 13.0 Å². The highest BCUT2D eigenvalue weighted by Crippen LogP contribution is 2.13. The maximum Gasteiger partial charge on any atom is 0.119 e. The summed E-state index contributed by atoms with van der Waals surface area (Å²) in [5.41, 5.74) is 3.56. The van der Waals surface area contributed by atoms with Gasteiger partial charge in [-0.1, -0.05) is 42.0 Å². The molecule has 0 aliphatic rings. The summed E-state index contributed by atoms with van der Waals surface area (Å²) in [4.78, 5) is 0. The molecule has 0 amide bonds. The molecular formula is C17H20O2. The minimum absolute atomic E-state index is 0.0771. The van der Waals surface area contributed by atoms with Gasteiger partial charge >= 0.3 is 0 Å². The molecule has 2 heteroatoms. The second-order valence-electron chi connectivity index (χ2n) is 4.74. The van der Waals surface area contributed by atoms with Crippen molar-refractivity contribution in [1.29, 1.82) is 0 Å². The molecule has 0 saturated carbocycles. The molecule has 2 rings (SSSR count). The minimum atomic E-state index is 0.0771. The van der Waals surface area contributed by atoms with Crippen molar-refractivity contribution in [2.45, 2.75) is 26.4 Å². The highest BCUT2D eigenvalue weighted by Gasteiger charge is 1.96. The van der Waals surface area contributed by atoms with Crippen molar-refractivity contribution < 1.29 is 9.84 Å². The van der Waals surface area contributed by atoms with Gasteiger partial charge in [-0.15, -0.1) is 0 Å². The van der Waals surface area contributed by atoms with E-state index in [1.807, 2.05) is 24.3 Å². The maximum absolute atomic E-state index is 8.95. The van der Waals surface area contributed by atoms with Gasteiger partial charge in [0.2, 0.25) is 0 Å². The SMILES string of the molecule is Cc1ccc(CCCOc2ccc(CO)cc2)cc1. The molecule has 2 nitrogen and oxygen atoms in total. The van der Waals surface area contributed by atoms with Gasteiger partial charge in [0, 0.05) is 0 Å². The smallest absolute Gasteiger partial charge is 0.119 e. The summed E-state index contributed by atoms with van der Waals surface area (Å²) in [6, 6.07) is 16.2. The Labute approximate surface area is 114 Å². The van der Waals surface area contributed by atoms with Crippen LogP contribution in [0.5, 0.6) is 5.75 Å². The van der Waals surface area contributed by atoms with Gasteiger partial charge in [0.25, 0.3) is 0 Å². The van der Waals surface area contributed by atoms with Gasteiger partial charge in [-0.25, -0.2) is 0 Å². The van der Waals surface area contributed by atoms with Crippen molar-refractivity contribution in [1.82, 2.24) is 0 Å². The maximum atomic E-state index is 8.95. The van der Waals surface area contributed by atoms with Gasteiger partial charge in [-0.2, -0.15) is 0 Å². The molecule has 0 aliphatic carbocycles. The molecule has 0 bridgehead atoms. The van der Waals surface area contributed by atoms with Crippen molar-refractivity contribution >= 4 is 0 Å². The molecule has 100 valence electrons. The van der Waals surface area contributed by atoms with Crippen LogP contribution in [0.25, 0.3) is 0 Å². The van der Waals surface area contributed by atoms with Crippen molar-refractivity contribution in [2.24, 2.45) is 0 Å². The van der Waals surface area contributed by atoms with Gasteiger partial charge in [0.15, 0.2) is 0 Å². The molecule has 1 N–H and O–H groups in total. The summed E-state index contributed by atoms with van der Waals surface area (Å²) in [6.45, 7) is 2.89.